The second-order valence-corrected chi connectivity index (χ2v) is 7.97. The molecule has 0 radical (unpaired) electrons. The largest absolute Gasteiger partial charge is 0.367 e. The Morgan fingerprint density at radius 1 is 1.30 bits per heavy atom. The van der Waals surface area contributed by atoms with Crippen LogP contribution in [0.2, 0.25) is 0 Å². The summed E-state index contributed by atoms with van der Waals surface area (Å²) >= 11 is 1.42. The summed E-state index contributed by atoms with van der Waals surface area (Å²) in [5.74, 6) is -0.467. The number of benzene rings is 1. The molecule has 0 saturated carbocycles. The van der Waals surface area contributed by atoms with Gasteiger partial charge in [-0.25, -0.2) is 8.78 Å². The van der Waals surface area contributed by atoms with E-state index in [0.29, 0.717) is 42.7 Å². The van der Waals surface area contributed by atoms with Gasteiger partial charge in [0.05, 0.1) is 10.6 Å². The molecule has 1 aromatic heterocycles. The molecule has 1 saturated heterocycles. The first-order valence-corrected chi connectivity index (χ1v) is 11.0. The number of hydrogen-bond acceptors (Lipinski definition) is 4. The highest BCUT2D eigenvalue weighted by molar-refractivity contribution is 7.12. The zero-order valence-electron chi connectivity index (χ0n) is 17.0. The molecule has 1 atom stereocenters. The van der Waals surface area contributed by atoms with Crippen molar-refractivity contribution in [2.45, 2.75) is 25.8 Å². The number of carbonyl (C=O) groups excluding carboxylic acids is 1. The molecule has 6 nitrogen and oxygen atoms in total. The fourth-order valence-electron chi connectivity index (χ4n) is 3.31. The molecule has 0 aliphatic carbocycles. The molecule has 2 aromatic rings. The normalized spacial score (nSPS) is 16.6. The highest BCUT2D eigenvalue weighted by Crippen LogP contribution is 2.24. The van der Waals surface area contributed by atoms with Gasteiger partial charge in [0.1, 0.15) is 11.6 Å². The monoisotopic (exact) mass is 435 g/mol. The molecule has 1 aromatic carbocycles. The molecule has 1 aliphatic heterocycles. The molecule has 1 aliphatic rings. The number of guanidine groups is 1. The van der Waals surface area contributed by atoms with Crippen molar-refractivity contribution < 1.29 is 13.6 Å². The van der Waals surface area contributed by atoms with Crippen LogP contribution < -0.4 is 20.9 Å². The van der Waals surface area contributed by atoms with Crippen LogP contribution in [0, 0.1) is 11.6 Å². The van der Waals surface area contributed by atoms with Crippen molar-refractivity contribution in [3.05, 3.63) is 52.2 Å². The highest BCUT2D eigenvalue weighted by Gasteiger charge is 2.25. The Labute approximate surface area is 179 Å². The van der Waals surface area contributed by atoms with E-state index < -0.39 is 11.6 Å². The molecule has 30 heavy (non-hydrogen) atoms. The molecular weight excluding hydrogens is 408 g/mol. The summed E-state index contributed by atoms with van der Waals surface area (Å²) in [6.45, 7) is 5.15. The Bertz CT molecular complexity index is 859. The van der Waals surface area contributed by atoms with Gasteiger partial charge in [-0.15, -0.1) is 11.3 Å². The number of rotatable bonds is 8. The van der Waals surface area contributed by atoms with Crippen LogP contribution >= 0.6 is 11.3 Å². The summed E-state index contributed by atoms with van der Waals surface area (Å²) < 4.78 is 27.2. The van der Waals surface area contributed by atoms with Gasteiger partial charge in [0.25, 0.3) is 5.91 Å². The summed E-state index contributed by atoms with van der Waals surface area (Å²) in [6.07, 6.45) is 1.56. The Morgan fingerprint density at radius 3 is 2.90 bits per heavy atom. The van der Waals surface area contributed by atoms with E-state index in [4.69, 9.17) is 0 Å². The van der Waals surface area contributed by atoms with E-state index in [2.05, 4.69) is 20.9 Å². The minimum absolute atomic E-state index is 0.0573. The average molecular weight is 436 g/mol. The lowest BCUT2D eigenvalue weighted by atomic mass is 10.2. The van der Waals surface area contributed by atoms with E-state index >= 15 is 0 Å². The number of carbonyl (C=O) groups is 1. The van der Waals surface area contributed by atoms with Crippen LogP contribution in [0.5, 0.6) is 0 Å². The molecule has 0 bridgehead atoms. The molecule has 1 amide bonds. The van der Waals surface area contributed by atoms with E-state index in [1.54, 1.807) is 6.07 Å². The van der Waals surface area contributed by atoms with E-state index in [1.165, 1.54) is 23.5 Å². The van der Waals surface area contributed by atoms with Crippen molar-refractivity contribution in [2.75, 3.05) is 37.6 Å². The fraction of sp³-hybridized carbons (Fsp3) is 0.429. The van der Waals surface area contributed by atoms with Crippen molar-refractivity contribution in [1.29, 1.82) is 0 Å². The number of amides is 1. The third kappa shape index (κ3) is 6.16. The molecule has 3 N–H and O–H groups in total. The number of anilines is 1. The van der Waals surface area contributed by atoms with Gasteiger partial charge in [0.2, 0.25) is 0 Å². The van der Waals surface area contributed by atoms with Crippen LogP contribution in [0.4, 0.5) is 14.5 Å². The second kappa shape index (κ2) is 10.9. The number of aliphatic imine (C=N–C) groups is 1. The van der Waals surface area contributed by atoms with Crippen LogP contribution in [-0.2, 0) is 0 Å². The maximum absolute atomic E-state index is 14.0. The van der Waals surface area contributed by atoms with Gasteiger partial charge in [-0.2, -0.15) is 0 Å². The standard InChI is InChI=1S/C21H27F2N5OS/c1-2-24-21(26-10-4-9-25-20(29)19-5-3-12-30-19)27-16-8-11-28(14-16)18-7-6-15(22)13-17(18)23/h3,5-7,12-13,16H,2,4,8-11,14H2,1H3,(H,25,29)(H2,24,26,27). The molecule has 1 fully saturated rings. The lowest BCUT2D eigenvalue weighted by Gasteiger charge is -2.21. The molecule has 1 unspecified atom stereocenters. The van der Waals surface area contributed by atoms with Gasteiger partial charge in [-0.05, 0) is 43.3 Å². The van der Waals surface area contributed by atoms with Gasteiger partial charge in [-0.3, -0.25) is 9.79 Å². The van der Waals surface area contributed by atoms with Crippen LogP contribution in [0.1, 0.15) is 29.4 Å². The van der Waals surface area contributed by atoms with Gasteiger partial charge in [0.15, 0.2) is 5.96 Å². The van der Waals surface area contributed by atoms with Crippen molar-refractivity contribution in [1.82, 2.24) is 16.0 Å². The number of nitrogens with one attached hydrogen (secondary N) is 3. The number of halogens is 2. The minimum Gasteiger partial charge on any atom is -0.367 e. The van der Waals surface area contributed by atoms with E-state index in [1.807, 2.05) is 23.3 Å². The van der Waals surface area contributed by atoms with Gasteiger partial charge < -0.3 is 20.9 Å². The van der Waals surface area contributed by atoms with Gasteiger partial charge >= 0.3 is 0 Å². The molecule has 162 valence electrons. The predicted octanol–water partition coefficient (Wildman–Crippen LogP) is 2.98. The summed E-state index contributed by atoms with van der Waals surface area (Å²) in [5.41, 5.74) is 0.420. The second-order valence-electron chi connectivity index (χ2n) is 7.02. The van der Waals surface area contributed by atoms with Crippen LogP contribution in [-0.4, -0.2) is 50.6 Å². The van der Waals surface area contributed by atoms with Gasteiger partial charge in [0, 0.05) is 44.8 Å². The molecular formula is C21H27F2N5OS. The third-order valence-electron chi connectivity index (χ3n) is 4.76. The first kappa shape index (κ1) is 22.0. The Morgan fingerprint density at radius 2 is 2.17 bits per heavy atom. The highest BCUT2D eigenvalue weighted by atomic mass is 32.1. The van der Waals surface area contributed by atoms with Crippen molar-refractivity contribution >= 4 is 28.9 Å². The lowest BCUT2D eigenvalue weighted by Crippen LogP contribution is -2.44. The number of thiophene rings is 1. The quantitative estimate of drug-likeness (QED) is 0.339. The SMILES string of the molecule is CCNC(=NCCCNC(=O)c1cccs1)NC1CCN(c2ccc(F)cc2F)C1. The Hall–Kier alpha value is -2.68. The number of hydrogen-bond donors (Lipinski definition) is 3. The third-order valence-corrected chi connectivity index (χ3v) is 5.63. The molecule has 0 spiro atoms. The van der Waals surface area contributed by atoms with Crippen molar-refractivity contribution in [3.8, 4) is 0 Å². The number of nitrogens with zero attached hydrogens (tertiary/aromatic N) is 2. The van der Waals surface area contributed by atoms with E-state index in [9.17, 15) is 13.6 Å². The molecule has 9 heteroatoms. The lowest BCUT2D eigenvalue weighted by molar-refractivity contribution is 0.0957. The summed E-state index contributed by atoms with van der Waals surface area (Å²) in [7, 11) is 0. The topological polar surface area (TPSA) is 68.8 Å². The van der Waals surface area contributed by atoms with E-state index in [0.717, 1.165) is 25.5 Å². The van der Waals surface area contributed by atoms with Crippen LogP contribution in [0.3, 0.4) is 0 Å². The first-order chi connectivity index (χ1) is 14.6. The maximum atomic E-state index is 14.0. The fourth-order valence-corrected chi connectivity index (χ4v) is 3.95. The zero-order chi connectivity index (χ0) is 21.3. The minimum atomic E-state index is -0.571. The maximum Gasteiger partial charge on any atom is 0.261 e. The Balaban J connectivity index is 1.45. The smallest absolute Gasteiger partial charge is 0.261 e. The zero-order valence-corrected chi connectivity index (χ0v) is 17.8. The first-order valence-electron chi connectivity index (χ1n) is 10.1. The molecule has 3 rings (SSSR count). The van der Waals surface area contributed by atoms with Crippen LogP contribution in [0.15, 0.2) is 40.7 Å². The summed E-state index contributed by atoms with van der Waals surface area (Å²) in [4.78, 5) is 19.1. The van der Waals surface area contributed by atoms with Crippen molar-refractivity contribution in [2.24, 2.45) is 4.99 Å². The van der Waals surface area contributed by atoms with Crippen LogP contribution in [0.25, 0.3) is 0 Å². The Kier molecular flexibility index (Phi) is 8.01. The predicted molar refractivity (Wildman–Crippen MR) is 117 cm³/mol. The molecule has 2 heterocycles. The van der Waals surface area contributed by atoms with Gasteiger partial charge in [-0.1, -0.05) is 6.07 Å². The van der Waals surface area contributed by atoms with E-state index in [-0.39, 0.29) is 11.9 Å². The van der Waals surface area contributed by atoms with Crippen molar-refractivity contribution in [3.63, 3.8) is 0 Å². The summed E-state index contributed by atoms with van der Waals surface area (Å²) in [6, 6.07) is 7.45. The average Bonchev–Trinajstić information content (AvgIpc) is 3.40. The summed E-state index contributed by atoms with van der Waals surface area (Å²) in [5, 5.41) is 11.4.